The van der Waals surface area contributed by atoms with Crippen molar-refractivity contribution in [3.8, 4) is 0 Å². The lowest BCUT2D eigenvalue weighted by Crippen LogP contribution is -2.04. The van der Waals surface area contributed by atoms with Crippen LogP contribution < -0.4 is 0 Å². The minimum atomic E-state index is -2.87. The lowest BCUT2D eigenvalue weighted by Gasteiger charge is -2.07. The summed E-state index contributed by atoms with van der Waals surface area (Å²) in [5.41, 5.74) is -0.888. The predicted molar refractivity (Wildman–Crippen MR) is 57.1 cm³/mol. The summed E-state index contributed by atoms with van der Waals surface area (Å²) in [4.78, 5) is 14.4. The van der Waals surface area contributed by atoms with Gasteiger partial charge in [-0.25, -0.2) is 13.8 Å². The summed E-state index contributed by atoms with van der Waals surface area (Å²) in [6.45, 7) is 0. The number of aromatic nitrogens is 1. The van der Waals surface area contributed by atoms with Crippen molar-refractivity contribution in [2.24, 2.45) is 0 Å². The first-order valence-corrected chi connectivity index (χ1v) is 5.10. The van der Waals surface area contributed by atoms with Crippen molar-refractivity contribution in [2.75, 3.05) is 0 Å². The van der Waals surface area contributed by atoms with Crippen LogP contribution in [0.1, 0.15) is 22.3 Å². The van der Waals surface area contributed by atoms with E-state index < -0.39 is 22.4 Å². The Hall–Kier alpha value is -0.0100. The van der Waals surface area contributed by atoms with E-state index >= 15 is 0 Å². The molecule has 1 aromatic heterocycles. The van der Waals surface area contributed by atoms with Gasteiger partial charge in [-0.1, -0.05) is 11.6 Å². The van der Waals surface area contributed by atoms with Crippen LogP contribution >= 0.6 is 45.8 Å². The van der Waals surface area contributed by atoms with Crippen LogP contribution in [0, 0.1) is 3.57 Å². The van der Waals surface area contributed by atoms with Crippen molar-refractivity contribution in [3.05, 3.63) is 26.0 Å². The van der Waals surface area contributed by atoms with Gasteiger partial charge in [0.25, 0.3) is 11.7 Å². The maximum absolute atomic E-state index is 12.5. The minimum Gasteiger partial charge on any atom is -0.276 e. The summed E-state index contributed by atoms with van der Waals surface area (Å²) < 4.78 is 25.2. The van der Waals surface area contributed by atoms with Gasteiger partial charge in [-0.05, 0) is 34.2 Å². The zero-order chi connectivity index (χ0) is 10.9. The molecule has 0 aliphatic carbocycles. The highest BCUT2D eigenvalue weighted by atomic mass is 127. The monoisotopic (exact) mass is 351 g/mol. The normalized spacial score (nSPS) is 10.7. The summed E-state index contributed by atoms with van der Waals surface area (Å²) in [6.07, 6.45) is -1.66. The molecule has 76 valence electrons. The lowest BCUT2D eigenvalue weighted by atomic mass is 10.1. The van der Waals surface area contributed by atoms with Crippen LogP contribution in [0.3, 0.4) is 0 Å². The second-order valence-electron chi connectivity index (χ2n) is 2.26. The number of halogens is 5. The van der Waals surface area contributed by atoms with Crippen LogP contribution in [0.25, 0.3) is 0 Å². The fourth-order valence-corrected chi connectivity index (χ4v) is 2.14. The molecule has 1 aromatic rings. The summed E-state index contributed by atoms with van der Waals surface area (Å²) in [5.74, 6) is 0. The van der Waals surface area contributed by atoms with Crippen LogP contribution in [0.2, 0.25) is 5.15 Å². The SMILES string of the molecule is O=C(Cl)c1c(I)cnc(Cl)c1C(F)F. The highest BCUT2D eigenvalue weighted by molar-refractivity contribution is 14.1. The van der Waals surface area contributed by atoms with Gasteiger partial charge in [0.1, 0.15) is 5.15 Å². The van der Waals surface area contributed by atoms with Crippen LogP contribution in [0.15, 0.2) is 6.20 Å². The van der Waals surface area contributed by atoms with Gasteiger partial charge >= 0.3 is 0 Å². The average molecular weight is 352 g/mol. The summed E-state index contributed by atoms with van der Waals surface area (Å²) >= 11 is 12.3. The third kappa shape index (κ3) is 2.32. The summed E-state index contributed by atoms with van der Waals surface area (Å²) in [7, 11) is 0. The molecular weight excluding hydrogens is 350 g/mol. The predicted octanol–water partition coefficient (Wildman–Crippen LogP) is 3.66. The van der Waals surface area contributed by atoms with Crippen LogP contribution in [-0.4, -0.2) is 10.2 Å². The van der Waals surface area contributed by atoms with Crippen molar-refractivity contribution >= 4 is 51.0 Å². The molecule has 1 rings (SSSR count). The molecular formula is C7H2Cl2F2INO. The number of hydrogen-bond donors (Lipinski definition) is 0. The molecule has 0 unspecified atom stereocenters. The van der Waals surface area contributed by atoms with Gasteiger partial charge in [0.15, 0.2) is 0 Å². The molecule has 0 fully saturated rings. The van der Waals surface area contributed by atoms with Gasteiger partial charge in [0.2, 0.25) is 0 Å². The number of carbonyl (C=O) groups excluding carboxylic acids is 1. The first-order chi connectivity index (χ1) is 6.45. The van der Waals surface area contributed by atoms with E-state index in [0.29, 0.717) is 0 Å². The molecule has 0 aliphatic rings. The van der Waals surface area contributed by atoms with Crippen molar-refractivity contribution in [1.29, 1.82) is 0 Å². The van der Waals surface area contributed by atoms with Gasteiger partial charge in [-0.2, -0.15) is 0 Å². The Kier molecular flexibility index (Phi) is 4.03. The van der Waals surface area contributed by atoms with Crippen LogP contribution in [-0.2, 0) is 0 Å². The summed E-state index contributed by atoms with van der Waals surface area (Å²) in [6, 6.07) is 0. The quantitative estimate of drug-likeness (QED) is 0.462. The van der Waals surface area contributed by atoms with Crippen LogP contribution in [0.5, 0.6) is 0 Å². The molecule has 0 aromatic carbocycles. The van der Waals surface area contributed by atoms with Crippen molar-refractivity contribution in [3.63, 3.8) is 0 Å². The van der Waals surface area contributed by atoms with E-state index in [-0.39, 0.29) is 9.13 Å². The van der Waals surface area contributed by atoms with E-state index in [9.17, 15) is 13.6 Å². The molecule has 0 aliphatic heterocycles. The van der Waals surface area contributed by atoms with Gasteiger partial charge < -0.3 is 0 Å². The molecule has 1 heterocycles. The Labute approximate surface area is 102 Å². The highest BCUT2D eigenvalue weighted by Gasteiger charge is 2.24. The third-order valence-electron chi connectivity index (χ3n) is 1.44. The van der Waals surface area contributed by atoms with Gasteiger partial charge in [0, 0.05) is 9.77 Å². The zero-order valence-electron chi connectivity index (χ0n) is 6.40. The van der Waals surface area contributed by atoms with Crippen molar-refractivity contribution in [2.45, 2.75) is 6.43 Å². The molecule has 0 amide bonds. The molecule has 0 bridgehead atoms. The van der Waals surface area contributed by atoms with Gasteiger partial charge in [0.05, 0.1) is 11.1 Å². The minimum absolute atomic E-state index is 0.252. The van der Waals surface area contributed by atoms with E-state index in [1.807, 2.05) is 0 Å². The fraction of sp³-hybridized carbons (Fsp3) is 0.143. The van der Waals surface area contributed by atoms with Gasteiger partial charge in [-0.15, -0.1) is 0 Å². The van der Waals surface area contributed by atoms with E-state index in [0.717, 1.165) is 0 Å². The Morgan fingerprint density at radius 2 is 2.14 bits per heavy atom. The van der Waals surface area contributed by atoms with E-state index in [4.69, 9.17) is 23.2 Å². The molecule has 2 nitrogen and oxygen atoms in total. The van der Waals surface area contributed by atoms with Crippen LogP contribution in [0.4, 0.5) is 8.78 Å². The summed E-state index contributed by atoms with van der Waals surface area (Å²) in [5, 5.41) is -1.36. The highest BCUT2D eigenvalue weighted by Crippen LogP contribution is 2.32. The number of alkyl halides is 2. The molecule has 0 N–H and O–H groups in total. The zero-order valence-corrected chi connectivity index (χ0v) is 10.1. The molecule has 0 saturated carbocycles. The largest absolute Gasteiger partial charge is 0.276 e. The second kappa shape index (κ2) is 4.67. The Morgan fingerprint density at radius 3 is 2.50 bits per heavy atom. The van der Waals surface area contributed by atoms with E-state index in [1.54, 1.807) is 22.6 Å². The molecule has 14 heavy (non-hydrogen) atoms. The standard InChI is InChI=1S/C7H2Cl2F2INO/c8-5-4(7(10)11)3(6(9)14)2(12)1-13-5/h1,7H. The molecule has 0 spiro atoms. The maximum atomic E-state index is 12.5. The second-order valence-corrected chi connectivity index (χ2v) is 4.12. The lowest BCUT2D eigenvalue weighted by molar-refractivity contribution is 0.106. The number of nitrogens with zero attached hydrogens (tertiary/aromatic N) is 1. The molecule has 7 heteroatoms. The molecule has 0 radical (unpaired) electrons. The van der Waals surface area contributed by atoms with E-state index in [1.165, 1.54) is 6.20 Å². The Balaban J connectivity index is 3.50. The van der Waals surface area contributed by atoms with Crippen molar-refractivity contribution < 1.29 is 13.6 Å². The topological polar surface area (TPSA) is 30.0 Å². The Morgan fingerprint density at radius 1 is 1.57 bits per heavy atom. The number of rotatable bonds is 2. The third-order valence-corrected chi connectivity index (χ3v) is 2.74. The Bertz CT molecular complexity index is 386. The number of hydrogen-bond acceptors (Lipinski definition) is 2. The fourth-order valence-electron chi connectivity index (χ4n) is 0.878. The molecule has 0 saturated heterocycles. The number of pyridine rings is 1. The first-order valence-electron chi connectivity index (χ1n) is 3.27. The smallest absolute Gasteiger partial charge is 0.267 e. The average Bonchev–Trinajstić information content (AvgIpc) is 2.07. The number of carbonyl (C=O) groups is 1. The van der Waals surface area contributed by atoms with Crippen molar-refractivity contribution in [1.82, 2.24) is 4.98 Å². The first kappa shape index (κ1) is 12.1. The molecule has 0 atom stereocenters. The van der Waals surface area contributed by atoms with Gasteiger partial charge in [-0.3, -0.25) is 4.79 Å². The van der Waals surface area contributed by atoms with E-state index in [2.05, 4.69) is 4.98 Å². The maximum Gasteiger partial charge on any atom is 0.267 e.